The first-order valence-electron chi connectivity index (χ1n) is 8.65. The lowest BCUT2D eigenvalue weighted by molar-refractivity contribution is -0.127. The van der Waals surface area contributed by atoms with Gasteiger partial charge in [0.15, 0.2) is 0 Å². The lowest BCUT2D eigenvalue weighted by Crippen LogP contribution is -2.49. The third-order valence-corrected chi connectivity index (χ3v) is 5.83. The van der Waals surface area contributed by atoms with Gasteiger partial charge >= 0.3 is 0 Å². The van der Waals surface area contributed by atoms with E-state index in [1.807, 2.05) is 13.0 Å². The van der Waals surface area contributed by atoms with Gasteiger partial charge in [0.2, 0.25) is 15.9 Å². The molecule has 0 radical (unpaired) electrons. The molecule has 2 heterocycles. The van der Waals surface area contributed by atoms with E-state index in [2.05, 4.69) is 4.72 Å². The van der Waals surface area contributed by atoms with Crippen molar-refractivity contribution in [1.82, 2.24) is 9.62 Å². The number of nitrogens with one attached hydrogen (secondary N) is 1. The normalized spacial score (nSPS) is 18.1. The van der Waals surface area contributed by atoms with Crippen LogP contribution in [0.2, 0.25) is 0 Å². The van der Waals surface area contributed by atoms with E-state index in [1.165, 1.54) is 24.3 Å². The van der Waals surface area contributed by atoms with Crippen LogP contribution in [-0.4, -0.2) is 38.4 Å². The molecule has 1 aromatic carbocycles. The van der Waals surface area contributed by atoms with Crippen LogP contribution in [0, 0.1) is 12.7 Å². The second-order valence-corrected chi connectivity index (χ2v) is 8.20. The average Bonchev–Trinajstić information content (AvgIpc) is 3.05. The van der Waals surface area contributed by atoms with Crippen molar-refractivity contribution in [3.8, 4) is 0 Å². The molecule has 0 saturated carbocycles. The van der Waals surface area contributed by atoms with E-state index in [1.54, 1.807) is 17.0 Å². The van der Waals surface area contributed by atoms with Gasteiger partial charge in [-0.3, -0.25) is 4.79 Å². The number of piperidine rings is 1. The molecule has 6 nitrogen and oxygen atoms in total. The highest BCUT2D eigenvalue weighted by molar-refractivity contribution is 7.89. The number of aryl methyl sites for hydroxylation is 1. The molecule has 1 amide bonds. The van der Waals surface area contributed by atoms with Gasteiger partial charge in [-0.1, -0.05) is 6.07 Å². The Balaban J connectivity index is 1.63. The molecule has 0 bridgehead atoms. The molecule has 0 spiro atoms. The van der Waals surface area contributed by atoms with Crippen molar-refractivity contribution in [3.05, 3.63) is 59.8 Å². The van der Waals surface area contributed by atoms with Crippen LogP contribution in [-0.2, 0) is 14.8 Å². The van der Waals surface area contributed by atoms with E-state index in [0.29, 0.717) is 25.1 Å². The quantitative estimate of drug-likeness (QED) is 0.794. The van der Waals surface area contributed by atoms with Crippen LogP contribution in [0.1, 0.15) is 24.4 Å². The van der Waals surface area contributed by atoms with E-state index in [-0.39, 0.29) is 17.3 Å². The second-order valence-electron chi connectivity index (χ2n) is 6.48. The minimum atomic E-state index is -3.85. The summed E-state index contributed by atoms with van der Waals surface area (Å²) in [6, 6.07) is 8.01. The summed E-state index contributed by atoms with van der Waals surface area (Å²) in [5, 5.41) is 0. The van der Waals surface area contributed by atoms with Crippen LogP contribution in [0.3, 0.4) is 0 Å². The Morgan fingerprint density at radius 2 is 2.15 bits per heavy atom. The molecule has 1 aromatic heterocycles. The van der Waals surface area contributed by atoms with Crippen LogP contribution >= 0.6 is 0 Å². The fourth-order valence-electron chi connectivity index (χ4n) is 3.00. The topological polar surface area (TPSA) is 79.6 Å². The maximum absolute atomic E-state index is 13.3. The van der Waals surface area contributed by atoms with Crippen molar-refractivity contribution in [1.29, 1.82) is 0 Å². The summed E-state index contributed by atoms with van der Waals surface area (Å²) >= 11 is 0. The molecule has 3 rings (SSSR count). The molecule has 1 atom stereocenters. The molecule has 1 aliphatic rings. The average molecular weight is 392 g/mol. The number of amides is 1. The molecule has 27 heavy (non-hydrogen) atoms. The van der Waals surface area contributed by atoms with E-state index in [0.717, 1.165) is 11.8 Å². The first-order valence-corrected chi connectivity index (χ1v) is 10.1. The van der Waals surface area contributed by atoms with Crippen molar-refractivity contribution >= 4 is 22.0 Å². The van der Waals surface area contributed by atoms with Crippen molar-refractivity contribution in [2.45, 2.75) is 30.7 Å². The molecule has 1 aliphatic heterocycles. The molecule has 8 heteroatoms. The predicted molar refractivity (Wildman–Crippen MR) is 98.8 cm³/mol. The van der Waals surface area contributed by atoms with Gasteiger partial charge in [0.1, 0.15) is 17.3 Å². The highest BCUT2D eigenvalue weighted by atomic mass is 32.2. The van der Waals surface area contributed by atoms with Gasteiger partial charge < -0.3 is 9.32 Å². The molecule has 1 unspecified atom stereocenters. The number of hydrogen-bond acceptors (Lipinski definition) is 4. The lowest BCUT2D eigenvalue weighted by Gasteiger charge is -2.32. The zero-order valence-corrected chi connectivity index (χ0v) is 15.7. The third kappa shape index (κ3) is 5.05. The molecule has 2 aromatic rings. The number of nitrogens with zero attached hydrogens (tertiary/aromatic N) is 1. The Morgan fingerprint density at radius 1 is 1.33 bits per heavy atom. The van der Waals surface area contributed by atoms with Crippen LogP contribution in [0.4, 0.5) is 4.39 Å². The maximum atomic E-state index is 13.3. The smallest absolute Gasteiger partial charge is 0.246 e. The third-order valence-electron chi connectivity index (χ3n) is 4.31. The van der Waals surface area contributed by atoms with Gasteiger partial charge in [-0.2, -0.15) is 0 Å². The van der Waals surface area contributed by atoms with Gasteiger partial charge in [-0.15, -0.1) is 0 Å². The molecule has 1 saturated heterocycles. The Bertz CT molecular complexity index is 952. The van der Waals surface area contributed by atoms with Gasteiger partial charge in [0.25, 0.3) is 0 Å². The first kappa shape index (κ1) is 19.3. The Morgan fingerprint density at radius 3 is 2.85 bits per heavy atom. The van der Waals surface area contributed by atoms with Gasteiger partial charge in [0, 0.05) is 25.2 Å². The van der Waals surface area contributed by atoms with E-state index in [9.17, 15) is 17.6 Å². The first-order chi connectivity index (χ1) is 12.8. The van der Waals surface area contributed by atoms with Gasteiger partial charge in [0.05, 0.1) is 4.90 Å². The van der Waals surface area contributed by atoms with E-state index >= 15 is 0 Å². The van der Waals surface area contributed by atoms with Crippen LogP contribution in [0.25, 0.3) is 6.08 Å². The summed E-state index contributed by atoms with van der Waals surface area (Å²) in [7, 11) is -3.85. The summed E-state index contributed by atoms with van der Waals surface area (Å²) in [4.78, 5) is 13.8. The number of likely N-dealkylation sites (tertiary alicyclic amines) is 1. The summed E-state index contributed by atoms with van der Waals surface area (Å²) in [5.41, 5.74) is 0. The highest BCUT2D eigenvalue weighted by Crippen LogP contribution is 2.16. The van der Waals surface area contributed by atoms with E-state index < -0.39 is 21.9 Å². The summed E-state index contributed by atoms with van der Waals surface area (Å²) in [6.45, 7) is 2.63. The molecular formula is C19H21FN2O4S. The minimum Gasteiger partial charge on any atom is -0.462 e. The summed E-state index contributed by atoms with van der Waals surface area (Å²) in [5.74, 6) is 0.517. The predicted octanol–water partition coefficient (Wildman–Crippen LogP) is 2.71. The molecule has 1 N–H and O–H groups in total. The minimum absolute atomic E-state index is 0.126. The van der Waals surface area contributed by atoms with Gasteiger partial charge in [-0.05, 0) is 56.2 Å². The monoisotopic (exact) mass is 392 g/mol. The lowest BCUT2D eigenvalue weighted by atomic mass is 10.1. The molecule has 144 valence electrons. The largest absolute Gasteiger partial charge is 0.462 e. The Labute approximate surface area is 157 Å². The standard InChI is InChI=1S/C19H21FN2O4S/c1-14-7-8-17(26-14)9-10-19(23)22-11-3-5-16(13-22)21-27(24,25)18-6-2-4-15(20)12-18/h2,4,6-10,12,16,21H,3,5,11,13H2,1H3/b10-9+. The number of benzene rings is 1. The highest BCUT2D eigenvalue weighted by Gasteiger charge is 2.27. The number of hydrogen-bond donors (Lipinski definition) is 1. The Kier molecular flexibility index (Phi) is 5.76. The van der Waals surface area contributed by atoms with Crippen LogP contribution in [0.15, 0.2) is 51.8 Å². The molecule has 0 aliphatic carbocycles. The fourth-order valence-corrected chi connectivity index (χ4v) is 4.29. The van der Waals surface area contributed by atoms with Crippen molar-refractivity contribution in [3.63, 3.8) is 0 Å². The zero-order valence-electron chi connectivity index (χ0n) is 14.9. The number of sulfonamides is 1. The molecular weight excluding hydrogens is 371 g/mol. The fraction of sp³-hybridized carbons (Fsp3) is 0.316. The number of furan rings is 1. The Hall–Kier alpha value is -2.45. The number of carbonyl (C=O) groups excluding carboxylic acids is 1. The SMILES string of the molecule is Cc1ccc(/C=C/C(=O)N2CCCC(NS(=O)(=O)c3cccc(F)c3)C2)o1. The number of rotatable bonds is 5. The van der Waals surface area contributed by atoms with Crippen molar-refractivity contribution in [2.75, 3.05) is 13.1 Å². The maximum Gasteiger partial charge on any atom is 0.246 e. The number of carbonyl (C=O) groups is 1. The zero-order chi connectivity index (χ0) is 19.4. The second kappa shape index (κ2) is 8.06. The van der Waals surface area contributed by atoms with Crippen LogP contribution < -0.4 is 4.72 Å². The summed E-state index contributed by atoms with van der Waals surface area (Å²) in [6.07, 6.45) is 4.30. The summed E-state index contributed by atoms with van der Waals surface area (Å²) < 4.78 is 46.1. The van der Waals surface area contributed by atoms with Crippen molar-refractivity contribution in [2.24, 2.45) is 0 Å². The van der Waals surface area contributed by atoms with E-state index in [4.69, 9.17) is 4.42 Å². The van der Waals surface area contributed by atoms with Gasteiger partial charge in [-0.25, -0.2) is 17.5 Å². The number of halogens is 1. The van der Waals surface area contributed by atoms with Crippen LogP contribution in [0.5, 0.6) is 0 Å². The van der Waals surface area contributed by atoms with Crippen molar-refractivity contribution < 1.29 is 22.0 Å². The molecule has 1 fully saturated rings.